The lowest BCUT2D eigenvalue weighted by Crippen LogP contribution is -2.03. The van der Waals surface area contributed by atoms with E-state index >= 15 is 0 Å². The van der Waals surface area contributed by atoms with Gasteiger partial charge in [0.05, 0.1) is 28.8 Å². The molecular weight excluding hydrogens is 709 g/mol. The van der Waals surface area contributed by atoms with Gasteiger partial charge in [0.1, 0.15) is 0 Å². The molecule has 0 amide bonds. The van der Waals surface area contributed by atoms with Gasteiger partial charge in [0.25, 0.3) is 0 Å². The summed E-state index contributed by atoms with van der Waals surface area (Å²) in [4.78, 5) is 19.1. The molecular formula is C52H32N6. The van der Waals surface area contributed by atoms with Crippen LogP contribution in [0.25, 0.3) is 105 Å². The lowest BCUT2D eigenvalue weighted by Gasteiger charge is -2.15. The number of hydrogen-bond acceptors (Lipinski definition) is 3. The summed E-state index contributed by atoms with van der Waals surface area (Å²) in [6.45, 7) is 7.96. The van der Waals surface area contributed by atoms with Gasteiger partial charge in [-0.3, -0.25) is 0 Å². The predicted molar refractivity (Wildman–Crippen MR) is 237 cm³/mol. The van der Waals surface area contributed by atoms with Crippen LogP contribution in [0.3, 0.4) is 0 Å². The van der Waals surface area contributed by atoms with E-state index in [2.05, 4.69) is 129 Å². The van der Waals surface area contributed by atoms with Crippen molar-refractivity contribution in [3.8, 4) is 56.7 Å². The van der Waals surface area contributed by atoms with Crippen LogP contribution >= 0.6 is 0 Å². The molecule has 6 heteroatoms. The van der Waals surface area contributed by atoms with E-state index in [4.69, 9.17) is 21.5 Å². The van der Waals surface area contributed by atoms with Crippen molar-refractivity contribution in [3.05, 3.63) is 206 Å². The Kier molecular flexibility index (Phi) is 7.76. The monoisotopic (exact) mass is 740 g/mol. The summed E-state index contributed by atoms with van der Waals surface area (Å²) in [5.74, 6) is 1.76. The normalized spacial score (nSPS) is 11.4. The summed E-state index contributed by atoms with van der Waals surface area (Å²) in [5, 5.41) is 4.54. The smallest absolute Gasteiger partial charge is 0.189 e. The van der Waals surface area contributed by atoms with Gasteiger partial charge in [-0.05, 0) is 53.6 Å². The maximum atomic E-state index is 7.96. The first kappa shape index (κ1) is 33.2. The maximum Gasteiger partial charge on any atom is 0.189 e. The van der Waals surface area contributed by atoms with Gasteiger partial charge in [-0.25, -0.2) is 19.8 Å². The molecule has 8 aromatic carbocycles. The highest BCUT2D eigenvalue weighted by Gasteiger charge is 2.21. The highest BCUT2D eigenvalue weighted by Crippen LogP contribution is 2.40. The minimum atomic E-state index is 0.562. The zero-order valence-corrected chi connectivity index (χ0v) is 31.2. The lowest BCUT2D eigenvalue weighted by atomic mass is 10.0. The molecule has 58 heavy (non-hydrogen) atoms. The quantitative estimate of drug-likeness (QED) is 0.160. The molecule has 11 aromatic rings. The first-order chi connectivity index (χ1) is 28.7. The van der Waals surface area contributed by atoms with Gasteiger partial charge < -0.3 is 9.13 Å². The summed E-state index contributed by atoms with van der Waals surface area (Å²) < 4.78 is 4.65. The highest BCUT2D eigenvalue weighted by atomic mass is 15.1. The average molecular weight is 741 g/mol. The first-order valence-corrected chi connectivity index (χ1v) is 19.2. The van der Waals surface area contributed by atoms with E-state index in [1.165, 1.54) is 16.3 Å². The molecule has 3 heterocycles. The Balaban J connectivity index is 1.19. The Bertz CT molecular complexity index is 3340. The lowest BCUT2D eigenvalue weighted by molar-refractivity contribution is 1.06. The number of aromatic nitrogens is 5. The van der Waals surface area contributed by atoms with Crippen molar-refractivity contribution in [1.29, 1.82) is 0 Å². The number of fused-ring (bicyclic) bond motifs is 6. The topological polar surface area (TPSA) is 52.9 Å². The van der Waals surface area contributed by atoms with Crippen LogP contribution < -0.4 is 0 Å². The zero-order valence-electron chi connectivity index (χ0n) is 31.2. The second-order valence-corrected chi connectivity index (χ2v) is 14.4. The van der Waals surface area contributed by atoms with E-state index in [0.29, 0.717) is 23.2 Å². The molecule has 0 bridgehead atoms. The van der Waals surface area contributed by atoms with Crippen molar-refractivity contribution in [2.75, 3.05) is 0 Å². The number of rotatable bonds is 6. The van der Waals surface area contributed by atoms with E-state index in [1.807, 2.05) is 78.9 Å². The molecule has 0 N–H and O–H groups in total. The van der Waals surface area contributed by atoms with Crippen LogP contribution in [-0.4, -0.2) is 24.1 Å². The molecule has 0 saturated heterocycles. The fraction of sp³-hybridized carbons (Fsp3) is 0. The molecule has 0 atom stereocenters. The summed E-state index contributed by atoms with van der Waals surface area (Å²) in [5.41, 5.74) is 11.7. The summed E-state index contributed by atoms with van der Waals surface area (Å²) >= 11 is 0. The molecule has 0 radical (unpaired) electrons. The molecule has 270 valence electrons. The Morgan fingerprint density at radius 2 is 0.879 bits per heavy atom. The van der Waals surface area contributed by atoms with Crippen LogP contribution in [0.4, 0.5) is 5.69 Å². The van der Waals surface area contributed by atoms with Crippen molar-refractivity contribution in [2.24, 2.45) is 0 Å². The van der Waals surface area contributed by atoms with Crippen LogP contribution in [0.1, 0.15) is 0 Å². The van der Waals surface area contributed by atoms with Gasteiger partial charge in [-0.1, -0.05) is 152 Å². The van der Waals surface area contributed by atoms with Crippen molar-refractivity contribution >= 4 is 49.3 Å². The van der Waals surface area contributed by atoms with Gasteiger partial charge in [-0.15, -0.1) is 0 Å². The third kappa shape index (κ3) is 5.45. The average Bonchev–Trinajstić information content (AvgIpc) is 3.81. The Labute approximate surface area is 334 Å². The fourth-order valence-corrected chi connectivity index (χ4v) is 8.31. The fourth-order valence-electron chi connectivity index (χ4n) is 8.31. The van der Waals surface area contributed by atoms with Gasteiger partial charge in [-0.2, -0.15) is 0 Å². The van der Waals surface area contributed by atoms with Crippen LogP contribution in [0, 0.1) is 6.57 Å². The minimum Gasteiger partial charge on any atom is -0.310 e. The molecule has 0 unspecified atom stereocenters. The molecule has 6 nitrogen and oxygen atoms in total. The second-order valence-electron chi connectivity index (χ2n) is 14.4. The Hall–Kier alpha value is -8.14. The Morgan fingerprint density at radius 3 is 1.57 bits per heavy atom. The molecule has 0 aliphatic rings. The minimum absolute atomic E-state index is 0.562. The molecule has 0 aliphatic heterocycles. The molecule has 0 fully saturated rings. The van der Waals surface area contributed by atoms with Crippen molar-refractivity contribution in [1.82, 2.24) is 24.1 Å². The standard InChI is InChI=1S/C52H32N6/c1-53-38-26-29-42-43-30-27-39(57-45-23-13-11-21-40(45)41-28-25-37(31-47(41)57)34-15-5-2-6-16-34)33-49(43)58(48(42)32-38)46-24-14-12-22-44(46)52-55-50(35-17-7-3-8-18-35)54-51(56-52)36-19-9-4-10-20-36/h2-33H. The largest absolute Gasteiger partial charge is 0.310 e. The number of hydrogen-bond donors (Lipinski definition) is 0. The number of para-hydroxylation sites is 2. The van der Waals surface area contributed by atoms with Gasteiger partial charge in [0.15, 0.2) is 23.2 Å². The molecule has 11 rings (SSSR count). The van der Waals surface area contributed by atoms with E-state index in [-0.39, 0.29) is 0 Å². The molecule has 3 aromatic heterocycles. The van der Waals surface area contributed by atoms with Gasteiger partial charge >= 0.3 is 0 Å². The third-order valence-electron chi connectivity index (χ3n) is 11.0. The number of benzene rings is 8. The van der Waals surface area contributed by atoms with Gasteiger partial charge in [0.2, 0.25) is 0 Å². The summed E-state index contributed by atoms with van der Waals surface area (Å²) in [6.07, 6.45) is 0. The molecule has 0 spiro atoms. The van der Waals surface area contributed by atoms with E-state index in [0.717, 1.165) is 66.5 Å². The van der Waals surface area contributed by atoms with E-state index < -0.39 is 0 Å². The predicted octanol–water partition coefficient (Wildman–Crippen LogP) is 13.3. The third-order valence-corrected chi connectivity index (χ3v) is 11.0. The van der Waals surface area contributed by atoms with Crippen LogP contribution in [0.2, 0.25) is 0 Å². The molecule has 0 saturated carbocycles. The maximum absolute atomic E-state index is 7.96. The summed E-state index contributed by atoms with van der Waals surface area (Å²) in [6, 6.07) is 67.0. The second kappa shape index (κ2) is 13.6. The summed E-state index contributed by atoms with van der Waals surface area (Å²) in [7, 11) is 0. The van der Waals surface area contributed by atoms with E-state index in [1.54, 1.807) is 0 Å². The van der Waals surface area contributed by atoms with Crippen LogP contribution in [0.5, 0.6) is 0 Å². The first-order valence-electron chi connectivity index (χ1n) is 19.2. The molecule has 0 aliphatic carbocycles. The zero-order chi connectivity index (χ0) is 38.6. The van der Waals surface area contributed by atoms with Crippen LogP contribution in [0.15, 0.2) is 194 Å². The highest BCUT2D eigenvalue weighted by molar-refractivity contribution is 6.13. The van der Waals surface area contributed by atoms with Crippen molar-refractivity contribution in [3.63, 3.8) is 0 Å². The van der Waals surface area contributed by atoms with Gasteiger partial charge in [0, 0.05) is 49.4 Å². The van der Waals surface area contributed by atoms with Crippen LogP contribution in [-0.2, 0) is 0 Å². The van der Waals surface area contributed by atoms with E-state index in [9.17, 15) is 0 Å². The van der Waals surface area contributed by atoms with Crippen molar-refractivity contribution in [2.45, 2.75) is 0 Å². The number of nitrogens with zero attached hydrogens (tertiary/aromatic N) is 6. The van der Waals surface area contributed by atoms with Crippen molar-refractivity contribution < 1.29 is 0 Å². The Morgan fingerprint density at radius 1 is 0.362 bits per heavy atom. The SMILES string of the molecule is [C-]#[N+]c1ccc2c3ccc(-n4c5ccccc5c5ccc(-c6ccccc6)cc54)cc3n(-c3ccccc3-c3nc(-c4ccccc4)nc(-c4ccccc4)n3)c2c1.